The molecule has 6 nitrogen and oxygen atoms in total. The largest absolute Gasteiger partial charge is 0.279 e. The second-order valence-corrected chi connectivity index (χ2v) is 12.7. The predicted molar refractivity (Wildman–Crippen MR) is 162 cm³/mol. The monoisotopic (exact) mass is 567 g/mol. The maximum atomic E-state index is 13.9. The van der Waals surface area contributed by atoms with Crippen LogP contribution in [-0.4, -0.2) is 25.9 Å². The highest BCUT2D eigenvalue weighted by Crippen LogP contribution is 2.34. The Bertz CT molecular complexity index is 1780. The van der Waals surface area contributed by atoms with Gasteiger partial charge in [0.2, 0.25) is 0 Å². The van der Waals surface area contributed by atoms with Crippen molar-refractivity contribution in [1.29, 1.82) is 0 Å². The lowest BCUT2D eigenvalue weighted by Crippen LogP contribution is -2.35. The van der Waals surface area contributed by atoms with Gasteiger partial charge in [0.15, 0.2) is 5.13 Å². The SMILES string of the molecule is CCc1cccc2sc(N(Cc3ccccc3)C(=O)c3ccc(S(=O)(=O)N4CCCc5ccccc54)cc3)nc12. The van der Waals surface area contributed by atoms with Crippen molar-refractivity contribution < 1.29 is 13.2 Å². The Hall–Kier alpha value is -4.01. The molecule has 1 aromatic heterocycles. The number of thiazole rings is 1. The van der Waals surface area contributed by atoms with E-state index in [0.717, 1.165) is 51.9 Å². The van der Waals surface area contributed by atoms with Crippen molar-refractivity contribution in [2.75, 3.05) is 15.7 Å². The number of amides is 1. The number of benzene rings is 4. The maximum absolute atomic E-state index is 13.9. The minimum Gasteiger partial charge on any atom is -0.279 e. The summed E-state index contributed by atoms with van der Waals surface area (Å²) in [5, 5.41) is 0.617. The van der Waals surface area contributed by atoms with Crippen LogP contribution in [0.15, 0.2) is 102 Å². The molecule has 1 aliphatic heterocycles. The summed E-state index contributed by atoms with van der Waals surface area (Å²) < 4.78 is 29.7. The van der Waals surface area contributed by atoms with E-state index < -0.39 is 10.0 Å². The number of carbonyl (C=O) groups is 1. The van der Waals surface area contributed by atoms with Gasteiger partial charge in [-0.2, -0.15) is 0 Å². The number of nitrogens with zero attached hydrogens (tertiary/aromatic N) is 3. The molecule has 0 bridgehead atoms. The number of hydrogen-bond donors (Lipinski definition) is 0. The van der Waals surface area contributed by atoms with E-state index in [1.54, 1.807) is 17.0 Å². The van der Waals surface area contributed by atoms with E-state index in [-0.39, 0.29) is 10.8 Å². The molecule has 0 unspecified atom stereocenters. The molecule has 1 amide bonds. The third-order valence-corrected chi connectivity index (χ3v) is 10.2. The molecule has 0 N–H and O–H groups in total. The molecule has 2 heterocycles. The highest BCUT2D eigenvalue weighted by atomic mass is 32.2. The fraction of sp³-hybridized carbons (Fsp3) is 0.188. The minimum absolute atomic E-state index is 0.169. The zero-order valence-electron chi connectivity index (χ0n) is 22.2. The zero-order valence-corrected chi connectivity index (χ0v) is 23.8. The molecule has 40 heavy (non-hydrogen) atoms. The lowest BCUT2D eigenvalue weighted by atomic mass is 10.0. The molecule has 202 valence electrons. The van der Waals surface area contributed by atoms with E-state index in [0.29, 0.717) is 23.8 Å². The summed E-state index contributed by atoms with van der Waals surface area (Å²) in [7, 11) is -3.77. The molecule has 0 atom stereocenters. The third kappa shape index (κ3) is 4.89. The number of sulfonamides is 1. The molecule has 0 radical (unpaired) electrons. The topological polar surface area (TPSA) is 70.6 Å². The fourth-order valence-electron chi connectivity index (χ4n) is 5.19. The molecule has 8 heteroatoms. The molecule has 0 fully saturated rings. The van der Waals surface area contributed by atoms with Crippen LogP contribution in [0.4, 0.5) is 10.8 Å². The van der Waals surface area contributed by atoms with E-state index in [2.05, 4.69) is 13.0 Å². The van der Waals surface area contributed by atoms with E-state index in [4.69, 9.17) is 4.98 Å². The molecule has 0 saturated heterocycles. The zero-order chi connectivity index (χ0) is 27.7. The van der Waals surface area contributed by atoms with Gasteiger partial charge < -0.3 is 0 Å². The van der Waals surface area contributed by atoms with Gasteiger partial charge in [-0.05, 0) is 72.4 Å². The molecule has 5 aromatic rings. The lowest BCUT2D eigenvalue weighted by molar-refractivity contribution is 0.0985. The quantitative estimate of drug-likeness (QED) is 0.216. The summed E-state index contributed by atoms with van der Waals surface area (Å²) in [6, 6.07) is 29.8. The second kappa shape index (κ2) is 10.9. The highest BCUT2D eigenvalue weighted by molar-refractivity contribution is 7.92. The maximum Gasteiger partial charge on any atom is 0.264 e. The van der Waals surface area contributed by atoms with E-state index in [1.165, 1.54) is 27.8 Å². The van der Waals surface area contributed by atoms with Crippen LogP contribution in [0.1, 0.15) is 40.4 Å². The smallest absolute Gasteiger partial charge is 0.264 e. The molecule has 1 aliphatic rings. The first-order chi connectivity index (χ1) is 19.5. The summed E-state index contributed by atoms with van der Waals surface area (Å²) in [5.41, 5.74) is 5.20. The third-order valence-electron chi connectivity index (χ3n) is 7.29. The van der Waals surface area contributed by atoms with Crippen LogP contribution in [0.2, 0.25) is 0 Å². The van der Waals surface area contributed by atoms with Crippen molar-refractivity contribution in [2.45, 2.75) is 37.6 Å². The molecular weight excluding hydrogens is 539 g/mol. The van der Waals surface area contributed by atoms with Gasteiger partial charge in [0.1, 0.15) is 0 Å². The molecule has 4 aromatic carbocycles. The minimum atomic E-state index is -3.77. The van der Waals surface area contributed by atoms with Crippen molar-refractivity contribution in [3.8, 4) is 0 Å². The molecule has 6 rings (SSSR count). The standard InChI is InChI=1S/C32H29N3O3S2/c1-2-24-13-8-16-29-30(24)33-32(39-29)34(22-23-10-4-3-5-11-23)31(36)26-17-19-27(20-18-26)40(37,38)35-21-9-14-25-12-6-7-15-28(25)35/h3-8,10-13,15-20H,2,9,14,21-22H2,1H3. The average molecular weight is 568 g/mol. The molecule has 0 saturated carbocycles. The van der Waals surface area contributed by atoms with Crippen LogP contribution in [0, 0.1) is 0 Å². The van der Waals surface area contributed by atoms with Gasteiger partial charge in [-0.3, -0.25) is 14.0 Å². The van der Waals surface area contributed by atoms with E-state index >= 15 is 0 Å². The second-order valence-electron chi connectivity index (χ2n) is 9.82. The van der Waals surface area contributed by atoms with Crippen LogP contribution in [-0.2, 0) is 29.4 Å². The van der Waals surface area contributed by atoms with Crippen LogP contribution in [0.3, 0.4) is 0 Å². The first kappa shape index (κ1) is 26.2. The van der Waals surface area contributed by atoms with Gasteiger partial charge in [-0.1, -0.05) is 78.9 Å². The first-order valence-corrected chi connectivity index (χ1v) is 15.7. The van der Waals surface area contributed by atoms with Crippen molar-refractivity contribution in [2.24, 2.45) is 0 Å². The van der Waals surface area contributed by atoms with Gasteiger partial charge in [0.25, 0.3) is 15.9 Å². The van der Waals surface area contributed by atoms with Crippen LogP contribution in [0.5, 0.6) is 0 Å². The van der Waals surface area contributed by atoms with Crippen molar-refractivity contribution >= 4 is 48.3 Å². The number of anilines is 2. The fourth-order valence-corrected chi connectivity index (χ4v) is 7.74. The molecular formula is C32H29N3O3S2. The summed E-state index contributed by atoms with van der Waals surface area (Å²) in [5.74, 6) is -0.228. The first-order valence-electron chi connectivity index (χ1n) is 13.4. The molecule has 0 aliphatic carbocycles. The Morgan fingerprint density at radius 2 is 1.68 bits per heavy atom. The predicted octanol–water partition coefficient (Wildman–Crippen LogP) is 6.85. The van der Waals surface area contributed by atoms with E-state index in [1.807, 2.05) is 66.7 Å². The van der Waals surface area contributed by atoms with Crippen molar-refractivity contribution in [3.05, 3.63) is 119 Å². The molecule has 0 spiro atoms. The Balaban J connectivity index is 1.34. The van der Waals surface area contributed by atoms with Crippen LogP contribution < -0.4 is 9.21 Å². The summed E-state index contributed by atoms with van der Waals surface area (Å²) >= 11 is 1.49. The van der Waals surface area contributed by atoms with Gasteiger partial charge in [-0.15, -0.1) is 0 Å². The normalized spacial score (nSPS) is 13.3. The number of aromatic nitrogens is 1. The van der Waals surface area contributed by atoms with Gasteiger partial charge in [0, 0.05) is 12.1 Å². The van der Waals surface area contributed by atoms with E-state index in [9.17, 15) is 13.2 Å². The Morgan fingerprint density at radius 1 is 0.925 bits per heavy atom. The lowest BCUT2D eigenvalue weighted by Gasteiger charge is -2.30. The summed E-state index contributed by atoms with van der Waals surface area (Å²) in [6.07, 6.45) is 2.48. The Labute approximate surface area is 238 Å². The number of aryl methyl sites for hydroxylation is 2. The van der Waals surface area contributed by atoms with Gasteiger partial charge in [-0.25, -0.2) is 13.4 Å². The number of para-hydroxylation sites is 2. The van der Waals surface area contributed by atoms with Crippen molar-refractivity contribution in [1.82, 2.24) is 4.98 Å². The summed E-state index contributed by atoms with van der Waals surface area (Å²) in [4.78, 5) is 20.7. The average Bonchev–Trinajstić information content (AvgIpc) is 3.44. The number of hydrogen-bond acceptors (Lipinski definition) is 5. The van der Waals surface area contributed by atoms with Crippen LogP contribution >= 0.6 is 11.3 Å². The number of carbonyl (C=O) groups excluding carboxylic acids is 1. The summed E-state index contributed by atoms with van der Waals surface area (Å²) in [6.45, 7) is 2.88. The highest BCUT2D eigenvalue weighted by Gasteiger charge is 2.29. The van der Waals surface area contributed by atoms with Gasteiger partial charge in [0.05, 0.1) is 27.3 Å². The number of fused-ring (bicyclic) bond motifs is 2. The van der Waals surface area contributed by atoms with Crippen molar-refractivity contribution in [3.63, 3.8) is 0 Å². The Kier molecular flexibility index (Phi) is 7.12. The van der Waals surface area contributed by atoms with Crippen LogP contribution in [0.25, 0.3) is 10.2 Å². The number of rotatable bonds is 7. The van der Waals surface area contributed by atoms with Gasteiger partial charge >= 0.3 is 0 Å². The Morgan fingerprint density at radius 3 is 2.45 bits per heavy atom.